The van der Waals surface area contributed by atoms with Crippen molar-refractivity contribution in [3.05, 3.63) is 75.3 Å². The summed E-state index contributed by atoms with van der Waals surface area (Å²) < 4.78 is 13.4. The SMILES string of the molecule is CN(C(=O)c1nc(-c2ccc(Cl)cc2)c(-c2ccc(Cl)cc2Cl)[nH]1)C1CC=C(F)CC1. The van der Waals surface area contributed by atoms with Gasteiger partial charge in [-0.3, -0.25) is 4.79 Å². The molecule has 31 heavy (non-hydrogen) atoms. The number of carbonyl (C=O) groups is 1. The zero-order valence-corrected chi connectivity index (χ0v) is 18.9. The van der Waals surface area contributed by atoms with Crippen molar-refractivity contribution in [3.8, 4) is 22.5 Å². The zero-order chi connectivity index (χ0) is 22.1. The Kier molecular flexibility index (Phi) is 6.37. The van der Waals surface area contributed by atoms with Crippen LogP contribution in [-0.4, -0.2) is 33.9 Å². The quantitative estimate of drug-likeness (QED) is 0.432. The smallest absolute Gasteiger partial charge is 0.289 e. The Balaban J connectivity index is 1.76. The van der Waals surface area contributed by atoms with E-state index in [2.05, 4.69) is 9.97 Å². The fraction of sp³-hybridized carbons (Fsp3) is 0.217. The summed E-state index contributed by atoms with van der Waals surface area (Å²) >= 11 is 18.5. The first-order valence-electron chi connectivity index (χ1n) is 9.76. The van der Waals surface area contributed by atoms with Crippen molar-refractivity contribution in [2.45, 2.75) is 25.3 Å². The highest BCUT2D eigenvalue weighted by Crippen LogP contribution is 2.36. The van der Waals surface area contributed by atoms with E-state index < -0.39 is 0 Å². The summed E-state index contributed by atoms with van der Waals surface area (Å²) in [6, 6.07) is 12.2. The summed E-state index contributed by atoms with van der Waals surface area (Å²) in [5, 5.41) is 1.54. The molecule has 0 radical (unpaired) electrons. The number of rotatable bonds is 4. The third-order valence-corrected chi connectivity index (χ3v) is 6.22. The van der Waals surface area contributed by atoms with Gasteiger partial charge in [0.1, 0.15) is 0 Å². The van der Waals surface area contributed by atoms with Crippen LogP contribution in [0.4, 0.5) is 4.39 Å². The van der Waals surface area contributed by atoms with Crippen LogP contribution < -0.4 is 0 Å². The van der Waals surface area contributed by atoms with Crippen molar-refractivity contribution >= 4 is 40.7 Å². The van der Waals surface area contributed by atoms with E-state index in [0.717, 1.165) is 5.56 Å². The predicted molar refractivity (Wildman–Crippen MR) is 123 cm³/mol. The molecule has 0 aliphatic heterocycles. The Morgan fingerprint density at radius 1 is 1.13 bits per heavy atom. The van der Waals surface area contributed by atoms with Crippen LogP contribution in [0.3, 0.4) is 0 Å². The van der Waals surface area contributed by atoms with E-state index in [1.54, 1.807) is 42.3 Å². The van der Waals surface area contributed by atoms with E-state index in [1.807, 2.05) is 12.1 Å². The van der Waals surface area contributed by atoms with Gasteiger partial charge in [0.05, 0.1) is 22.2 Å². The molecule has 0 fully saturated rings. The van der Waals surface area contributed by atoms with Crippen molar-refractivity contribution in [1.29, 1.82) is 0 Å². The number of hydrogen-bond acceptors (Lipinski definition) is 2. The molecule has 0 spiro atoms. The van der Waals surface area contributed by atoms with Crippen LogP contribution in [0.5, 0.6) is 0 Å². The lowest BCUT2D eigenvalue weighted by Gasteiger charge is -2.28. The molecule has 1 heterocycles. The number of amides is 1. The second-order valence-corrected chi connectivity index (χ2v) is 8.72. The number of H-pyrrole nitrogens is 1. The van der Waals surface area contributed by atoms with E-state index in [-0.39, 0.29) is 23.6 Å². The summed E-state index contributed by atoms with van der Waals surface area (Å²) in [7, 11) is 1.71. The minimum Gasteiger partial charge on any atom is -0.336 e. The van der Waals surface area contributed by atoms with Crippen molar-refractivity contribution in [2.75, 3.05) is 7.05 Å². The summed E-state index contributed by atoms with van der Waals surface area (Å²) in [5.41, 5.74) is 2.64. The third kappa shape index (κ3) is 4.64. The fourth-order valence-electron chi connectivity index (χ4n) is 3.65. The lowest BCUT2D eigenvalue weighted by Crippen LogP contribution is -2.38. The molecular weight excluding hydrogens is 460 g/mol. The number of aromatic amines is 1. The van der Waals surface area contributed by atoms with Gasteiger partial charge in [-0.15, -0.1) is 0 Å². The number of imidazole rings is 1. The molecule has 1 aromatic heterocycles. The van der Waals surface area contributed by atoms with Crippen molar-refractivity contribution < 1.29 is 9.18 Å². The van der Waals surface area contributed by atoms with E-state index in [1.165, 1.54) is 6.08 Å². The van der Waals surface area contributed by atoms with Crippen molar-refractivity contribution in [3.63, 3.8) is 0 Å². The number of aromatic nitrogens is 2. The summed E-state index contributed by atoms with van der Waals surface area (Å²) in [6.07, 6.45) is 2.93. The summed E-state index contributed by atoms with van der Waals surface area (Å²) in [4.78, 5) is 22.6. The number of carbonyl (C=O) groups excluding carboxylic acids is 1. The molecule has 1 aliphatic rings. The van der Waals surface area contributed by atoms with Gasteiger partial charge in [-0.05, 0) is 43.2 Å². The first-order valence-corrected chi connectivity index (χ1v) is 10.9. The van der Waals surface area contributed by atoms with E-state index in [9.17, 15) is 9.18 Å². The first kappa shape index (κ1) is 21.9. The highest BCUT2D eigenvalue weighted by atomic mass is 35.5. The molecule has 160 valence electrons. The molecule has 1 unspecified atom stereocenters. The molecule has 0 saturated carbocycles. The lowest BCUT2D eigenvalue weighted by molar-refractivity contribution is 0.0708. The topological polar surface area (TPSA) is 49.0 Å². The van der Waals surface area contributed by atoms with E-state index in [0.29, 0.717) is 51.3 Å². The second-order valence-electron chi connectivity index (χ2n) is 7.44. The Bertz CT molecular complexity index is 1160. The molecule has 1 N–H and O–H groups in total. The van der Waals surface area contributed by atoms with Gasteiger partial charge < -0.3 is 9.88 Å². The normalized spacial score (nSPS) is 16.2. The number of halogens is 4. The average Bonchev–Trinajstić information content (AvgIpc) is 3.19. The molecule has 2 aromatic carbocycles. The van der Waals surface area contributed by atoms with Crippen molar-refractivity contribution in [2.24, 2.45) is 0 Å². The molecule has 1 atom stereocenters. The second kappa shape index (κ2) is 9.03. The van der Waals surface area contributed by atoms with Crippen LogP contribution in [0, 0.1) is 0 Å². The van der Waals surface area contributed by atoms with Crippen LogP contribution in [-0.2, 0) is 0 Å². The molecule has 0 bridgehead atoms. The summed E-state index contributed by atoms with van der Waals surface area (Å²) in [6.45, 7) is 0. The molecule has 1 aliphatic carbocycles. The van der Waals surface area contributed by atoms with Crippen LogP contribution >= 0.6 is 34.8 Å². The van der Waals surface area contributed by atoms with Gasteiger partial charge in [-0.2, -0.15) is 0 Å². The highest BCUT2D eigenvalue weighted by molar-refractivity contribution is 6.36. The Morgan fingerprint density at radius 3 is 2.48 bits per heavy atom. The maximum Gasteiger partial charge on any atom is 0.289 e. The van der Waals surface area contributed by atoms with Crippen LogP contribution in [0.2, 0.25) is 15.1 Å². The molecule has 4 rings (SSSR count). The van der Waals surface area contributed by atoms with Gasteiger partial charge in [0.15, 0.2) is 5.82 Å². The number of nitrogens with zero attached hydrogens (tertiary/aromatic N) is 2. The fourth-order valence-corrected chi connectivity index (χ4v) is 4.28. The maximum absolute atomic E-state index is 13.4. The minimum atomic E-state index is -0.271. The molecule has 1 amide bonds. The maximum atomic E-state index is 13.4. The van der Waals surface area contributed by atoms with Crippen LogP contribution in [0.15, 0.2) is 54.4 Å². The molecule has 4 nitrogen and oxygen atoms in total. The van der Waals surface area contributed by atoms with Gasteiger partial charge in [0.25, 0.3) is 5.91 Å². The lowest BCUT2D eigenvalue weighted by atomic mass is 10.00. The Morgan fingerprint density at radius 2 is 1.84 bits per heavy atom. The Labute approximate surface area is 194 Å². The molecule has 0 saturated heterocycles. The standard InChI is InChI=1S/C23H19Cl3FN3O/c1-30(17-9-7-16(27)8-10-17)23(31)22-28-20(13-2-4-14(24)5-3-13)21(29-22)18-11-6-15(25)12-19(18)26/h2-7,11-12,17H,8-10H2,1H3,(H,28,29). The predicted octanol–water partition coefficient (Wildman–Crippen LogP) is 7.18. The van der Waals surface area contributed by atoms with Gasteiger partial charge >= 0.3 is 0 Å². The summed E-state index contributed by atoms with van der Waals surface area (Å²) in [5.74, 6) is -0.212. The Hall–Kier alpha value is -2.34. The first-order chi connectivity index (χ1) is 14.8. The number of allylic oxidation sites excluding steroid dienone is 1. The number of benzene rings is 2. The third-order valence-electron chi connectivity index (χ3n) is 5.42. The number of nitrogens with one attached hydrogen (secondary N) is 1. The zero-order valence-electron chi connectivity index (χ0n) is 16.6. The van der Waals surface area contributed by atoms with Gasteiger partial charge in [-0.25, -0.2) is 9.37 Å². The van der Waals surface area contributed by atoms with Crippen LogP contribution in [0.25, 0.3) is 22.5 Å². The molecular formula is C23H19Cl3FN3O. The molecule has 8 heteroatoms. The average molecular weight is 479 g/mol. The van der Waals surface area contributed by atoms with E-state index >= 15 is 0 Å². The molecule has 3 aromatic rings. The number of hydrogen-bond donors (Lipinski definition) is 1. The highest BCUT2D eigenvalue weighted by Gasteiger charge is 2.27. The van der Waals surface area contributed by atoms with Crippen molar-refractivity contribution in [1.82, 2.24) is 14.9 Å². The monoisotopic (exact) mass is 477 g/mol. The van der Waals surface area contributed by atoms with Gasteiger partial charge in [0, 0.05) is 40.7 Å². The van der Waals surface area contributed by atoms with Crippen LogP contribution in [0.1, 0.15) is 29.9 Å². The van der Waals surface area contributed by atoms with Gasteiger partial charge in [-0.1, -0.05) is 53.0 Å². The van der Waals surface area contributed by atoms with Gasteiger partial charge in [0.2, 0.25) is 0 Å². The largest absolute Gasteiger partial charge is 0.336 e. The minimum absolute atomic E-state index is 0.0846. The van der Waals surface area contributed by atoms with E-state index in [4.69, 9.17) is 34.8 Å².